The van der Waals surface area contributed by atoms with Gasteiger partial charge in [0.15, 0.2) is 0 Å². The first-order valence-electron chi connectivity index (χ1n) is 7.83. The highest BCUT2D eigenvalue weighted by Gasteiger charge is 2.42. The van der Waals surface area contributed by atoms with E-state index in [1.54, 1.807) is 55.5 Å². The van der Waals surface area contributed by atoms with Crippen LogP contribution in [0.2, 0.25) is 0 Å². The van der Waals surface area contributed by atoms with Crippen LogP contribution in [-0.4, -0.2) is 30.6 Å². The lowest BCUT2D eigenvalue weighted by Gasteiger charge is -2.34. The van der Waals surface area contributed by atoms with Crippen LogP contribution in [0.3, 0.4) is 0 Å². The molecule has 1 aliphatic heterocycles. The zero-order chi connectivity index (χ0) is 17.8. The number of benzene rings is 2. The van der Waals surface area contributed by atoms with Crippen LogP contribution in [0.5, 0.6) is 0 Å². The van der Waals surface area contributed by atoms with E-state index in [1.165, 1.54) is 0 Å². The van der Waals surface area contributed by atoms with Crippen LogP contribution in [0.15, 0.2) is 54.6 Å². The number of carbonyl (C=O) groups is 3. The van der Waals surface area contributed by atoms with Crippen LogP contribution in [-0.2, 0) is 14.3 Å². The summed E-state index contributed by atoms with van der Waals surface area (Å²) < 4.78 is 4.98. The van der Waals surface area contributed by atoms with Gasteiger partial charge in [-0.05, 0) is 31.2 Å². The lowest BCUT2D eigenvalue weighted by molar-refractivity contribution is -0.147. The van der Waals surface area contributed by atoms with Gasteiger partial charge in [0, 0.05) is 5.69 Å². The van der Waals surface area contributed by atoms with Crippen LogP contribution in [0.1, 0.15) is 6.92 Å². The summed E-state index contributed by atoms with van der Waals surface area (Å²) in [6.07, 6.45) is 0. The van der Waals surface area contributed by atoms with Crippen LogP contribution in [0, 0.1) is 0 Å². The molecule has 3 rings (SSSR count). The van der Waals surface area contributed by atoms with Gasteiger partial charge >= 0.3 is 12.0 Å². The number of esters is 1. The zero-order valence-electron chi connectivity index (χ0n) is 13.6. The van der Waals surface area contributed by atoms with Crippen molar-refractivity contribution in [1.29, 1.82) is 0 Å². The Morgan fingerprint density at radius 1 is 1.12 bits per heavy atom. The zero-order valence-corrected chi connectivity index (χ0v) is 13.6. The maximum absolute atomic E-state index is 12.8. The molecule has 0 saturated carbocycles. The van der Waals surface area contributed by atoms with Crippen molar-refractivity contribution in [3.8, 4) is 0 Å². The summed E-state index contributed by atoms with van der Waals surface area (Å²) in [6.45, 7) is 1.75. The SMILES string of the molecule is CCOC(=O)C1C(=O)Nc2ccccc2N1C(=O)Nc1ccccc1. The average Bonchev–Trinajstić information content (AvgIpc) is 2.61. The molecule has 0 fully saturated rings. The van der Waals surface area contributed by atoms with Gasteiger partial charge in [0.05, 0.1) is 18.0 Å². The lowest BCUT2D eigenvalue weighted by atomic mass is 10.1. The highest BCUT2D eigenvalue weighted by Crippen LogP contribution is 2.32. The van der Waals surface area contributed by atoms with Crippen molar-refractivity contribution >= 4 is 35.0 Å². The number of hydrogen-bond donors (Lipinski definition) is 2. The van der Waals surface area contributed by atoms with E-state index >= 15 is 0 Å². The van der Waals surface area contributed by atoms with E-state index in [4.69, 9.17) is 4.74 Å². The molecule has 1 unspecified atom stereocenters. The Labute approximate surface area is 144 Å². The number of fused-ring (bicyclic) bond motifs is 1. The second-order valence-electron chi connectivity index (χ2n) is 5.33. The van der Waals surface area contributed by atoms with E-state index in [1.807, 2.05) is 6.07 Å². The van der Waals surface area contributed by atoms with E-state index in [0.717, 1.165) is 4.90 Å². The van der Waals surface area contributed by atoms with Crippen LogP contribution in [0.4, 0.5) is 21.9 Å². The molecule has 1 heterocycles. The normalized spacial score (nSPS) is 15.8. The van der Waals surface area contributed by atoms with Gasteiger partial charge in [-0.1, -0.05) is 30.3 Å². The second-order valence-corrected chi connectivity index (χ2v) is 5.33. The number of urea groups is 1. The number of anilines is 3. The first kappa shape index (κ1) is 16.5. The third-order valence-electron chi connectivity index (χ3n) is 3.68. The minimum Gasteiger partial charge on any atom is -0.464 e. The van der Waals surface area contributed by atoms with Crippen molar-refractivity contribution in [1.82, 2.24) is 0 Å². The molecule has 2 aromatic rings. The largest absolute Gasteiger partial charge is 0.464 e. The summed E-state index contributed by atoms with van der Waals surface area (Å²) in [5, 5.41) is 5.34. The molecule has 25 heavy (non-hydrogen) atoms. The predicted molar refractivity (Wildman–Crippen MR) is 93.4 cm³/mol. The Morgan fingerprint density at radius 2 is 1.80 bits per heavy atom. The highest BCUT2D eigenvalue weighted by molar-refractivity contribution is 6.22. The van der Waals surface area contributed by atoms with E-state index < -0.39 is 23.9 Å². The number of nitrogens with one attached hydrogen (secondary N) is 2. The summed E-state index contributed by atoms with van der Waals surface area (Å²) in [7, 11) is 0. The van der Waals surface area contributed by atoms with E-state index in [-0.39, 0.29) is 6.61 Å². The predicted octanol–water partition coefficient (Wildman–Crippen LogP) is 2.61. The van der Waals surface area contributed by atoms with Crippen molar-refractivity contribution in [3.63, 3.8) is 0 Å². The molecule has 1 atom stereocenters. The Kier molecular flexibility index (Phi) is 4.65. The van der Waals surface area contributed by atoms with Crippen molar-refractivity contribution in [2.75, 3.05) is 22.1 Å². The molecule has 7 heteroatoms. The molecule has 2 aromatic carbocycles. The van der Waals surface area contributed by atoms with Crippen molar-refractivity contribution in [3.05, 3.63) is 54.6 Å². The Bertz CT molecular complexity index is 807. The topological polar surface area (TPSA) is 87.7 Å². The quantitative estimate of drug-likeness (QED) is 0.665. The Hall–Kier alpha value is -3.35. The fraction of sp³-hybridized carbons (Fsp3) is 0.167. The molecule has 0 spiro atoms. The fourth-order valence-electron chi connectivity index (χ4n) is 2.61. The molecule has 2 N–H and O–H groups in total. The van der Waals surface area contributed by atoms with Gasteiger partial charge in [-0.2, -0.15) is 0 Å². The number of ether oxygens (including phenoxy) is 1. The number of amides is 3. The first-order valence-corrected chi connectivity index (χ1v) is 7.83. The van der Waals surface area contributed by atoms with Gasteiger partial charge < -0.3 is 15.4 Å². The Balaban J connectivity index is 1.99. The smallest absolute Gasteiger partial charge is 0.339 e. The lowest BCUT2D eigenvalue weighted by Crippen LogP contribution is -2.56. The number of nitrogens with zero attached hydrogens (tertiary/aromatic N) is 1. The fourth-order valence-corrected chi connectivity index (χ4v) is 2.61. The van der Waals surface area contributed by atoms with Gasteiger partial charge in [0.2, 0.25) is 6.04 Å². The molecular formula is C18H17N3O4. The molecule has 0 bridgehead atoms. The summed E-state index contributed by atoms with van der Waals surface area (Å²) >= 11 is 0. The third-order valence-corrected chi connectivity index (χ3v) is 3.68. The molecule has 1 aliphatic rings. The molecule has 128 valence electrons. The van der Waals surface area contributed by atoms with E-state index in [9.17, 15) is 14.4 Å². The van der Waals surface area contributed by atoms with E-state index in [2.05, 4.69) is 10.6 Å². The molecule has 3 amide bonds. The molecule has 0 radical (unpaired) electrons. The van der Waals surface area contributed by atoms with Crippen molar-refractivity contribution < 1.29 is 19.1 Å². The maximum atomic E-state index is 12.8. The number of para-hydroxylation sites is 3. The van der Waals surface area contributed by atoms with Crippen molar-refractivity contribution in [2.24, 2.45) is 0 Å². The van der Waals surface area contributed by atoms with Gasteiger partial charge in [0.25, 0.3) is 5.91 Å². The molecule has 0 aromatic heterocycles. The second kappa shape index (κ2) is 7.04. The minimum absolute atomic E-state index is 0.110. The van der Waals surface area contributed by atoms with Crippen LogP contribution < -0.4 is 15.5 Å². The highest BCUT2D eigenvalue weighted by atomic mass is 16.5. The van der Waals surface area contributed by atoms with E-state index in [0.29, 0.717) is 17.1 Å². The molecule has 7 nitrogen and oxygen atoms in total. The van der Waals surface area contributed by atoms with Crippen LogP contribution in [0.25, 0.3) is 0 Å². The number of hydrogen-bond acceptors (Lipinski definition) is 4. The van der Waals surface area contributed by atoms with Gasteiger partial charge in [-0.3, -0.25) is 9.69 Å². The third kappa shape index (κ3) is 3.30. The molecular weight excluding hydrogens is 322 g/mol. The van der Waals surface area contributed by atoms with Crippen molar-refractivity contribution in [2.45, 2.75) is 13.0 Å². The van der Waals surface area contributed by atoms with Gasteiger partial charge in [-0.15, -0.1) is 0 Å². The maximum Gasteiger partial charge on any atom is 0.339 e. The number of rotatable bonds is 3. The molecule has 0 saturated heterocycles. The summed E-state index contributed by atoms with van der Waals surface area (Å²) in [5.41, 5.74) is 1.43. The van der Waals surface area contributed by atoms with Gasteiger partial charge in [-0.25, -0.2) is 9.59 Å². The summed E-state index contributed by atoms with van der Waals surface area (Å²) in [6, 6.07) is 13.6. The average molecular weight is 339 g/mol. The molecule has 0 aliphatic carbocycles. The summed E-state index contributed by atoms with van der Waals surface area (Å²) in [4.78, 5) is 38.6. The standard InChI is InChI=1S/C18H17N3O4/c1-2-25-17(23)15-16(22)20-13-10-6-7-11-14(13)21(15)18(24)19-12-8-4-3-5-9-12/h3-11,15H,2H2,1H3,(H,19,24)(H,20,22). The monoisotopic (exact) mass is 339 g/mol. The number of carbonyl (C=O) groups excluding carboxylic acids is 3. The van der Waals surface area contributed by atoms with Gasteiger partial charge in [0.1, 0.15) is 0 Å². The summed E-state index contributed by atoms with van der Waals surface area (Å²) in [5.74, 6) is -1.39. The minimum atomic E-state index is -1.39. The van der Waals surface area contributed by atoms with Crippen LogP contribution >= 0.6 is 0 Å². The first-order chi connectivity index (χ1) is 12.1. The Morgan fingerprint density at radius 3 is 2.52 bits per heavy atom.